The Labute approximate surface area is 135 Å². The lowest BCUT2D eigenvalue weighted by Crippen LogP contribution is -2.10. The van der Waals surface area contributed by atoms with Gasteiger partial charge in [-0.1, -0.05) is 25.5 Å². The zero-order valence-electron chi connectivity index (χ0n) is 13.4. The van der Waals surface area contributed by atoms with Gasteiger partial charge < -0.3 is 9.73 Å². The fourth-order valence-corrected chi connectivity index (χ4v) is 2.47. The molecular formula is C19H20N2O2. The van der Waals surface area contributed by atoms with E-state index in [0.717, 1.165) is 17.8 Å². The van der Waals surface area contributed by atoms with E-state index >= 15 is 0 Å². The van der Waals surface area contributed by atoms with Gasteiger partial charge in [-0.15, -0.1) is 0 Å². The number of hydrogen-bond donors (Lipinski definition) is 1. The molecular weight excluding hydrogens is 288 g/mol. The highest BCUT2D eigenvalue weighted by Gasteiger charge is 2.13. The summed E-state index contributed by atoms with van der Waals surface area (Å²) in [7, 11) is 0. The summed E-state index contributed by atoms with van der Waals surface area (Å²) in [5, 5.41) is 2.86. The Balaban J connectivity index is 1.72. The van der Waals surface area contributed by atoms with Crippen LogP contribution in [-0.2, 0) is 6.42 Å². The van der Waals surface area contributed by atoms with Gasteiger partial charge in [-0.25, -0.2) is 4.98 Å². The minimum absolute atomic E-state index is 0.262. The van der Waals surface area contributed by atoms with Crippen molar-refractivity contribution in [3.8, 4) is 0 Å². The van der Waals surface area contributed by atoms with Crippen LogP contribution >= 0.6 is 0 Å². The SMILES string of the molecule is CCCCc1ccc(NC(=O)c2cc3nc(C)ccc3o2)cc1. The van der Waals surface area contributed by atoms with Gasteiger partial charge in [0.25, 0.3) is 5.91 Å². The molecule has 0 aliphatic carbocycles. The first kappa shape index (κ1) is 15.3. The van der Waals surface area contributed by atoms with E-state index in [4.69, 9.17) is 4.42 Å². The summed E-state index contributed by atoms with van der Waals surface area (Å²) >= 11 is 0. The number of nitrogens with one attached hydrogen (secondary N) is 1. The molecule has 3 rings (SSSR count). The van der Waals surface area contributed by atoms with Crippen molar-refractivity contribution in [2.45, 2.75) is 33.1 Å². The first-order valence-corrected chi connectivity index (χ1v) is 7.93. The second-order valence-electron chi connectivity index (χ2n) is 5.70. The lowest BCUT2D eigenvalue weighted by Gasteiger charge is -2.05. The van der Waals surface area contributed by atoms with Crippen LogP contribution in [0.4, 0.5) is 5.69 Å². The van der Waals surface area contributed by atoms with Gasteiger partial charge in [0.2, 0.25) is 0 Å². The smallest absolute Gasteiger partial charge is 0.291 e. The second kappa shape index (κ2) is 6.65. The molecule has 23 heavy (non-hydrogen) atoms. The van der Waals surface area contributed by atoms with Crippen molar-refractivity contribution in [2.24, 2.45) is 0 Å². The van der Waals surface area contributed by atoms with Gasteiger partial charge in [0, 0.05) is 17.4 Å². The molecule has 0 fully saturated rings. The van der Waals surface area contributed by atoms with Gasteiger partial charge in [-0.2, -0.15) is 0 Å². The highest BCUT2D eigenvalue weighted by Crippen LogP contribution is 2.19. The number of amides is 1. The van der Waals surface area contributed by atoms with Crippen molar-refractivity contribution in [3.05, 3.63) is 59.5 Å². The number of aryl methyl sites for hydroxylation is 2. The number of anilines is 1. The number of furan rings is 1. The molecule has 3 aromatic rings. The molecule has 0 spiro atoms. The highest BCUT2D eigenvalue weighted by molar-refractivity contribution is 6.04. The third kappa shape index (κ3) is 3.59. The molecule has 0 bridgehead atoms. The van der Waals surface area contributed by atoms with Crippen LogP contribution < -0.4 is 5.32 Å². The average Bonchev–Trinajstić information content (AvgIpc) is 2.97. The van der Waals surface area contributed by atoms with Crippen LogP contribution in [0.2, 0.25) is 0 Å². The minimum Gasteiger partial charge on any atom is -0.449 e. The number of aromatic nitrogens is 1. The predicted octanol–water partition coefficient (Wildman–Crippen LogP) is 4.73. The quantitative estimate of drug-likeness (QED) is 0.741. The average molecular weight is 308 g/mol. The summed E-state index contributed by atoms with van der Waals surface area (Å²) < 4.78 is 5.56. The molecule has 0 saturated carbocycles. The van der Waals surface area contributed by atoms with Crippen molar-refractivity contribution in [1.82, 2.24) is 4.98 Å². The molecule has 1 amide bonds. The predicted molar refractivity (Wildman–Crippen MR) is 91.8 cm³/mol. The van der Waals surface area contributed by atoms with Gasteiger partial charge in [0.05, 0.1) is 0 Å². The van der Waals surface area contributed by atoms with Gasteiger partial charge in [-0.05, 0) is 49.6 Å². The van der Waals surface area contributed by atoms with Crippen molar-refractivity contribution in [1.29, 1.82) is 0 Å². The normalized spacial score (nSPS) is 10.9. The van der Waals surface area contributed by atoms with Crippen molar-refractivity contribution < 1.29 is 9.21 Å². The molecule has 1 aromatic carbocycles. The van der Waals surface area contributed by atoms with Crippen LogP contribution in [0.15, 0.2) is 46.9 Å². The van der Waals surface area contributed by atoms with Crippen LogP contribution in [0, 0.1) is 6.92 Å². The Morgan fingerprint density at radius 1 is 1.17 bits per heavy atom. The number of benzene rings is 1. The monoisotopic (exact) mass is 308 g/mol. The number of pyridine rings is 1. The Bertz CT molecular complexity index is 819. The Hall–Kier alpha value is -2.62. The second-order valence-corrected chi connectivity index (χ2v) is 5.70. The lowest BCUT2D eigenvalue weighted by atomic mass is 10.1. The summed E-state index contributed by atoms with van der Waals surface area (Å²) in [6, 6.07) is 13.3. The first-order valence-electron chi connectivity index (χ1n) is 7.93. The highest BCUT2D eigenvalue weighted by atomic mass is 16.3. The molecule has 0 atom stereocenters. The fourth-order valence-electron chi connectivity index (χ4n) is 2.47. The van der Waals surface area contributed by atoms with Gasteiger partial charge in [-0.3, -0.25) is 4.79 Å². The molecule has 0 unspecified atom stereocenters. The molecule has 1 N–H and O–H groups in total. The summed E-state index contributed by atoms with van der Waals surface area (Å²) in [4.78, 5) is 16.6. The molecule has 0 aliphatic rings. The molecule has 0 aliphatic heterocycles. The van der Waals surface area contributed by atoms with E-state index in [9.17, 15) is 4.79 Å². The minimum atomic E-state index is -0.262. The molecule has 4 heteroatoms. The van der Waals surface area contributed by atoms with E-state index in [1.165, 1.54) is 18.4 Å². The lowest BCUT2D eigenvalue weighted by molar-refractivity contribution is 0.0998. The van der Waals surface area contributed by atoms with E-state index in [-0.39, 0.29) is 11.7 Å². The van der Waals surface area contributed by atoms with E-state index < -0.39 is 0 Å². The van der Waals surface area contributed by atoms with Crippen LogP contribution in [-0.4, -0.2) is 10.9 Å². The van der Waals surface area contributed by atoms with Gasteiger partial charge in [0.15, 0.2) is 11.3 Å². The molecule has 2 aromatic heterocycles. The van der Waals surface area contributed by atoms with E-state index in [0.29, 0.717) is 11.1 Å². The third-order valence-electron chi connectivity index (χ3n) is 3.77. The number of fused-ring (bicyclic) bond motifs is 1. The van der Waals surface area contributed by atoms with Crippen LogP contribution in [0.25, 0.3) is 11.1 Å². The molecule has 4 nitrogen and oxygen atoms in total. The molecule has 0 radical (unpaired) electrons. The summed E-state index contributed by atoms with van der Waals surface area (Å²) in [6.07, 6.45) is 3.43. The van der Waals surface area contributed by atoms with Crippen LogP contribution in [0.1, 0.15) is 41.6 Å². The first-order chi connectivity index (χ1) is 11.2. The van der Waals surface area contributed by atoms with Crippen LogP contribution in [0.3, 0.4) is 0 Å². The van der Waals surface area contributed by atoms with Crippen molar-refractivity contribution in [2.75, 3.05) is 5.32 Å². The van der Waals surface area contributed by atoms with Crippen molar-refractivity contribution in [3.63, 3.8) is 0 Å². The third-order valence-corrected chi connectivity index (χ3v) is 3.77. The number of hydrogen-bond acceptors (Lipinski definition) is 3. The number of nitrogens with zero attached hydrogens (tertiary/aromatic N) is 1. The number of carbonyl (C=O) groups is 1. The van der Waals surface area contributed by atoms with Crippen LogP contribution in [0.5, 0.6) is 0 Å². The fraction of sp³-hybridized carbons (Fsp3) is 0.263. The van der Waals surface area contributed by atoms with Gasteiger partial charge >= 0.3 is 0 Å². The topological polar surface area (TPSA) is 55.1 Å². The number of rotatable bonds is 5. The number of carbonyl (C=O) groups excluding carboxylic acids is 1. The summed E-state index contributed by atoms with van der Waals surface area (Å²) in [5.41, 5.74) is 4.27. The zero-order chi connectivity index (χ0) is 16.2. The largest absolute Gasteiger partial charge is 0.449 e. The molecule has 2 heterocycles. The van der Waals surface area contributed by atoms with E-state index in [1.807, 2.05) is 31.2 Å². The summed E-state index contributed by atoms with van der Waals surface area (Å²) in [5.74, 6) is 0.00937. The summed E-state index contributed by atoms with van der Waals surface area (Å²) in [6.45, 7) is 4.09. The maximum atomic E-state index is 12.3. The Morgan fingerprint density at radius 2 is 1.96 bits per heavy atom. The maximum Gasteiger partial charge on any atom is 0.291 e. The molecule has 0 saturated heterocycles. The van der Waals surface area contributed by atoms with Gasteiger partial charge in [0.1, 0.15) is 5.52 Å². The standard InChI is InChI=1S/C19H20N2O2/c1-3-4-5-14-7-9-15(10-8-14)21-19(22)18-12-16-17(23-18)11-6-13(2)20-16/h6-12H,3-5H2,1-2H3,(H,21,22). The van der Waals surface area contributed by atoms with Crippen molar-refractivity contribution >= 4 is 22.7 Å². The Kier molecular flexibility index (Phi) is 4.42. The molecule has 118 valence electrons. The Morgan fingerprint density at radius 3 is 2.70 bits per heavy atom. The van der Waals surface area contributed by atoms with E-state index in [1.54, 1.807) is 6.07 Å². The maximum absolute atomic E-state index is 12.3. The van der Waals surface area contributed by atoms with E-state index in [2.05, 4.69) is 29.4 Å². The number of unbranched alkanes of at least 4 members (excludes halogenated alkanes) is 1. The zero-order valence-corrected chi connectivity index (χ0v) is 13.4.